The summed E-state index contributed by atoms with van der Waals surface area (Å²) in [4.78, 5) is 18.3. The summed E-state index contributed by atoms with van der Waals surface area (Å²) < 4.78 is 28.6. The Morgan fingerprint density at radius 2 is 1.81 bits per heavy atom. The fourth-order valence-corrected chi connectivity index (χ4v) is 7.60. The molecule has 1 saturated heterocycles. The normalized spacial score (nSPS) is 20.0. The number of carbonyl (C=O) groups excluding carboxylic acids is 1. The van der Waals surface area contributed by atoms with Crippen molar-refractivity contribution in [1.29, 1.82) is 0 Å². The van der Waals surface area contributed by atoms with Crippen molar-refractivity contribution in [1.82, 2.24) is 9.29 Å². The third kappa shape index (κ3) is 5.09. The second-order valence-corrected chi connectivity index (χ2v) is 13.1. The van der Waals surface area contributed by atoms with Gasteiger partial charge in [-0.15, -0.1) is 22.7 Å². The van der Waals surface area contributed by atoms with Crippen LogP contribution in [0.1, 0.15) is 30.6 Å². The molecule has 2 atom stereocenters. The summed E-state index contributed by atoms with van der Waals surface area (Å²) in [6.07, 6.45) is 1.04. The number of nitrogens with zero attached hydrogens (tertiary/aromatic N) is 2. The molecule has 6 nitrogen and oxygen atoms in total. The van der Waals surface area contributed by atoms with E-state index in [1.807, 2.05) is 17.5 Å². The lowest BCUT2D eigenvalue weighted by molar-refractivity contribution is 0.102. The van der Waals surface area contributed by atoms with Crippen LogP contribution in [0.4, 0.5) is 5.13 Å². The van der Waals surface area contributed by atoms with Crippen LogP contribution in [0.3, 0.4) is 0 Å². The standard InChI is InChI=1S/C21H22BrN3O3S3/c1-13-9-14(2)11-25(10-13)31(27,28)16-5-3-15(4-6-16)20(26)24-21-23-17(12-29-21)18-7-8-19(22)30-18/h3-8,12-14H,9-11H2,1-2H3,(H,23,24,26)/t13-,14+. The van der Waals surface area contributed by atoms with E-state index in [4.69, 9.17) is 0 Å². The number of piperidine rings is 1. The topological polar surface area (TPSA) is 79.4 Å². The molecule has 0 saturated carbocycles. The van der Waals surface area contributed by atoms with Gasteiger partial charge in [0.15, 0.2) is 5.13 Å². The molecule has 3 heterocycles. The number of amides is 1. The largest absolute Gasteiger partial charge is 0.298 e. The van der Waals surface area contributed by atoms with Gasteiger partial charge in [-0.3, -0.25) is 10.1 Å². The summed E-state index contributed by atoms with van der Waals surface area (Å²) in [5.41, 5.74) is 1.19. The van der Waals surface area contributed by atoms with E-state index in [2.05, 4.69) is 40.1 Å². The first-order chi connectivity index (χ1) is 14.7. The number of halogens is 1. The highest BCUT2D eigenvalue weighted by atomic mass is 79.9. The molecule has 3 aromatic rings. The minimum atomic E-state index is -3.57. The summed E-state index contributed by atoms with van der Waals surface area (Å²) in [5, 5.41) is 5.18. The number of rotatable bonds is 5. The van der Waals surface area contributed by atoms with Crippen molar-refractivity contribution >= 4 is 59.7 Å². The molecule has 164 valence electrons. The van der Waals surface area contributed by atoms with E-state index in [1.54, 1.807) is 27.8 Å². The average Bonchev–Trinajstić information content (AvgIpc) is 3.36. The monoisotopic (exact) mass is 539 g/mol. The van der Waals surface area contributed by atoms with Gasteiger partial charge in [0.25, 0.3) is 5.91 Å². The van der Waals surface area contributed by atoms with Gasteiger partial charge in [0.1, 0.15) is 0 Å². The fourth-order valence-electron chi connectivity index (χ4n) is 3.79. The highest BCUT2D eigenvalue weighted by Crippen LogP contribution is 2.33. The van der Waals surface area contributed by atoms with Crippen molar-refractivity contribution in [2.24, 2.45) is 11.8 Å². The maximum atomic E-state index is 13.0. The van der Waals surface area contributed by atoms with Crippen LogP contribution >= 0.6 is 38.6 Å². The van der Waals surface area contributed by atoms with Gasteiger partial charge in [0.05, 0.1) is 19.3 Å². The zero-order valence-electron chi connectivity index (χ0n) is 17.0. The summed E-state index contributed by atoms with van der Waals surface area (Å²) in [6, 6.07) is 10.0. The molecule has 0 bridgehead atoms. The highest BCUT2D eigenvalue weighted by Gasteiger charge is 2.31. The van der Waals surface area contributed by atoms with Crippen LogP contribution in [0.2, 0.25) is 0 Å². The Morgan fingerprint density at radius 3 is 2.42 bits per heavy atom. The summed E-state index contributed by atoms with van der Waals surface area (Å²) in [5.74, 6) is 0.349. The Balaban J connectivity index is 1.45. The number of anilines is 1. The maximum absolute atomic E-state index is 13.0. The average molecular weight is 541 g/mol. The molecule has 1 N–H and O–H groups in total. The van der Waals surface area contributed by atoms with Gasteiger partial charge in [-0.25, -0.2) is 13.4 Å². The number of benzene rings is 1. The van der Waals surface area contributed by atoms with Gasteiger partial charge >= 0.3 is 0 Å². The number of hydrogen-bond acceptors (Lipinski definition) is 6. The van der Waals surface area contributed by atoms with Crippen molar-refractivity contribution < 1.29 is 13.2 Å². The molecule has 1 aliphatic heterocycles. The number of thiophene rings is 1. The Morgan fingerprint density at radius 1 is 1.13 bits per heavy atom. The van der Waals surface area contributed by atoms with Crippen LogP contribution in [0.15, 0.2) is 50.5 Å². The smallest absolute Gasteiger partial charge is 0.257 e. The molecule has 0 radical (unpaired) electrons. The minimum absolute atomic E-state index is 0.213. The molecular formula is C21H22BrN3O3S3. The molecule has 0 spiro atoms. The first-order valence-electron chi connectivity index (χ1n) is 9.85. The summed E-state index contributed by atoms with van der Waals surface area (Å²) in [6.45, 7) is 5.21. The van der Waals surface area contributed by atoms with Crippen molar-refractivity contribution in [3.05, 3.63) is 51.1 Å². The SMILES string of the molecule is C[C@@H]1C[C@H](C)CN(S(=O)(=O)c2ccc(C(=O)Nc3nc(-c4ccc(Br)s4)cs3)cc2)C1. The van der Waals surface area contributed by atoms with E-state index >= 15 is 0 Å². The van der Waals surface area contributed by atoms with Crippen LogP contribution in [-0.2, 0) is 10.0 Å². The third-order valence-corrected chi connectivity index (χ3v) is 9.39. The minimum Gasteiger partial charge on any atom is -0.298 e. The molecule has 0 unspecified atom stereocenters. The Labute approximate surface area is 198 Å². The second kappa shape index (κ2) is 9.11. The molecule has 31 heavy (non-hydrogen) atoms. The lowest BCUT2D eigenvalue weighted by atomic mass is 9.94. The lowest BCUT2D eigenvalue weighted by Crippen LogP contribution is -2.42. The van der Waals surface area contributed by atoms with Crippen LogP contribution in [0, 0.1) is 11.8 Å². The fraction of sp³-hybridized carbons (Fsp3) is 0.333. The number of hydrogen-bond donors (Lipinski definition) is 1. The van der Waals surface area contributed by atoms with Crippen molar-refractivity contribution in [3.63, 3.8) is 0 Å². The zero-order chi connectivity index (χ0) is 22.2. The lowest BCUT2D eigenvalue weighted by Gasteiger charge is -2.34. The van der Waals surface area contributed by atoms with Gasteiger partial charge in [0.2, 0.25) is 10.0 Å². The second-order valence-electron chi connectivity index (χ2n) is 7.89. The zero-order valence-corrected chi connectivity index (χ0v) is 21.1. The number of carbonyl (C=O) groups is 1. The van der Waals surface area contributed by atoms with E-state index in [0.29, 0.717) is 35.6 Å². The van der Waals surface area contributed by atoms with E-state index < -0.39 is 10.0 Å². The Hall–Kier alpha value is -1.59. The van der Waals surface area contributed by atoms with Crippen LogP contribution in [0.5, 0.6) is 0 Å². The number of sulfonamides is 1. The predicted molar refractivity (Wildman–Crippen MR) is 129 cm³/mol. The van der Waals surface area contributed by atoms with E-state index in [1.165, 1.54) is 23.5 Å². The number of aromatic nitrogens is 1. The molecule has 2 aromatic heterocycles. The van der Waals surface area contributed by atoms with Crippen LogP contribution in [-0.4, -0.2) is 36.7 Å². The molecule has 1 aliphatic rings. The Kier molecular flexibility index (Phi) is 6.64. The predicted octanol–water partition coefficient (Wildman–Crippen LogP) is 5.55. The molecule has 1 aromatic carbocycles. The van der Waals surface area contributed by atoms with Crippen molar-refractivity contribution in [2.75, 3.05) is 18.4 Å². The van der Waals surface area contributed by atoms with E-state index in [9.17, 15) is 13.2 Å². The van der Waals surface area contributed by atoms with Crippen LogP contribution in [0.25, 0.3) is 10.6 Å². The van der Waals surface area contributed by atoms with Crippen molar-refractivity contribution in [2.45, 2.75) is 25.2 Å². The van der Waals surface area contributed by atoms with Gasteiger partial charge in [-0.1, -0.05) is 13.8 Å². The number of thiazole rings is 1. The molecular weight excluding hydrogens is 518 g/mol. The van der Waals surface area contributed by atoms with Crippen molar-refractivity contribution in [3.8, 4) is 10.6 Å². The quantitative estimate of drug-likeness (QED) is 0.460. The molecule has 1 amide bonds. The number of nitrogens with one attached hydrogen (secondary N) is 1. The molecule has 1 fully saturated rings. The van der Waals surface area contributed by atoms with E-state index in [0.717, 1.165) is 20.8 Å². The molecule has 0 aliphatic carbocycles. The summed E-state index contributed by atoms with van der Waals surface area (Å²) in [7, 11) is -3.57. The first-order valence-corrected chi connectivity index (χ1v) is 13.8. The van der Waals surface area contributed by atoms with Gasteiger partial charge in [0, 0.05) is 24.0 Å². The van der Waals surface area contributed by atoms with Crippen LogP contribution < -0.4 is 5.32 Å². The Bertz CT molecular complexity index is 1180. The van der Waals surface area contributed by atoms with E-state index in [-0.39, 0.29) is 10.8 Å². The maximum Gasteiger partial charge on any atom is 0.257 e. The molecule has 4 rings (SSSR count). The summed E-state index contributed by atoms with van der Waals surface area (Å²) >= 11 is 6.36. The van der Waals surface area contributed by atoms with Gasteiger partial charge in [-0.2, -0.15) is 4.31 Å². The first kappa shape index (κ1) is 22.6. The third-order valence-electron chi connectivity index (χ3n) is 5.14. The highest BCUT2D eigenvalue weighted by molar-refractivity contribution is 9.11. The van der Waals surface area contributed by atoms with Gasteiger partial charge in [-0.05, 0) is 70.6 Å². The van der Waals surface area contributed by atoms with Gasteiger partial charge < -0.3 is 0 Å². The molecule has 10 heteroatoms.